The maximum Gasteiger partial charge on any atom is 0.0235 e. The number of hydrogen-bond acceptors (Lipinski definition) is 2. The van der Waals surface area contributed by atoms with Crippen molar-refractivity contribution in [2.45, 2.75) is 44.7 Å². The molecule has 2 atom stereocenters. The summed E-state index contributed by atoms with van der Waals surface area (Å²) in [4.78, 5) is 2.74. The summed E-state index contributed by atoms with van der Waals surface area (Å²) in [6, 6.07) is 1.76. The lowest BCUT2D eigenvalue weighted by atomic mass is 10.1. The molecule has 1 N–H and O–H groups in total. The maximum absolute atomic E-state index is 3.45. The average Bonchev–Trinajstić information content (AvgIpc) is 2.74. The second-order valence-electron chi connectivity index (χ2n) is 4.09. The lowest BCUT2D eigenvalue weighted by Gasteiger charge is -2.29. The highest BCUT2D eigenvalue weighted by atomic mass is 15.2. The fourth-order valence-corrected chi connectivity index (χ4v) is 2.70. The van der Waals surface area contributed by atoms with Crippen molar-refractivity contribution in [2.24, 2.45) is 0 Å². The molecule has 0 aromatic carbocycles. The number of nitrogens with zero attached hydrogens (tertiary/aromatic N) is 1. The van der Waals surface area contributed by atoms with Crippen LogP contribution in [-0.4, -0.2) is 36.6 Å². The number of rotatable bonds is 2. The van der Waals surface area contributed by atoms with Crippen molar-refractivity contribution < 1.29 is 0 Å². The molecular formula is C10H20N2. The molecule has 0 amide bonds. The predicted molar refractivity (Wildman–Crippen MR) is 51.3 cm³/mol. The largest absolute Gasteiger partial charge is 0.315 e. The van der Waals surface area contributed by atoms with Crippen LogP contribution in [-0.2, 0) is 0 Å². The Kier molecular flexibility index (Phi) is 2.66. The first-order valence-corrected chi connectivity index (χ1v) is 5.38. The van der Waals surface area contributed by atoms with Crippen LogP contribution in [0.4, 0.5) is 0 Å². The van der Waals surface area contributed by atoms with E-state index in [9.17, 15) is 0 Å². The summed E-state index contributed by atoms with van der Waals surface area (Å²) in [5.41, 5.74) is 0. The van der Waals surface area contributed by atoms with Crippen LogP contribution in [0.25, 0.3) is 0 Å². The number of likely N-dealkylation sites (tertiary alicyclic amines) is 1. The van der Waals surface area contributed by atoms with Gasteiger partial charge in [0, 0.05) is 18.6 Å². The van der Waals surface area contributed by atoms with Crippen LogP contribution in [0.2, 0.25) is 0 Å². The lowest BCUT2D eigenvalue weighted by molar-refractivity contribution is 0.187. The molecule has 2 saturated heterocycles. The van der Waals surface area contributed by atoms with Crippen molar-refractivity contribution in [1.29, 1.82) is 0 Å². The molecule has 0 aromatic rings. The summed E-state index contributed by atoms with van der Waals surface area (Å²) in [5.74, 6) is 0. The summed E-state index contributed by atoms with van der Waals surface area (Å²) in [6.45, 7) is 6.14. The van der Waals surface area contributed by atoms with Crippen LogP contribution in [0.1, 0.15) is 32.6 Å². The van der Waals surface area contributed by atoms with Gasteiger partial charge >= 0.3 is 0 Å². The second-order valence-corrected chi connectivity index (χ2v) is 4.09. The van der Waals surface area contributed by atoms with Gasteiger partial charge in [-0.25, -0.2) is 0 Å². The normalized spacial score (nSPS) is 37.8. The van der Waals surface area contributed by atoms with Gasteiger partial charge in [-0.1, -0.05) is 6.92 Å². The standard InChI is InChI=1S/C10H20N2/c1-2-9-4-3-7-12(9)10-5-6-11-8-10/h9-11H,2-8H2,1H3/t9-,10-/m0/s1. The van der Waals surface area contributed by atoms with Gasteiger partial charge in [0.1, 0.15) is 0 Å². The Labute approximate surface area is 75.3 Å². The highest BCUT2D eigenvalue weighted by Crippen LogP contribution is 2.24. The molecule has 70 valence electrons. The van der Waals surface area contributed by atoms with E-state index in [0.29, 0.717) is 0 Å². The van der Waals surface area contributed by atoms with Crippen molar-refractivity contribution in [3.8, 4) is 0 Å². The molecule has 0 bridgehead atoms. The van der Waals surface area contributed by atoms with Crippen molar-refractivity contribution >= 4 is 0 Å². The predicted octanol–water partition coefficient (Wildman–Crippen LogP) is 1.22. The first-order valence-electron chi connectivity index (χ1n) is 5.38. The molecule has 0 saturated carbocycles. The van der Waals surface area contributed by atoms with Crippen molar-refractivity contribution in [3.05, 3.63) is 0 Å². The number of hydrogen-bond donors (Lipinski definition) is 1. The van der Waals surface area contributed by atoms with Crippen molar-refractivity contribution in [1.82, 2.24) is 10.2 Å². The summed E-state index contributed by atoms with van der Waals surface area (Å²) in [6.07, 6.45) is 5.58. The average molecular weight is 168 g/mol. The van der Waals surface area contributed by atoms with E-state index in [0.717, 1.165) is 12.1 Å². The zero-order chi connectivity index (χ0) is 8.39. The molecule has 0 aliphatic carbocycles. The minimum absolute atomic E-state index is 0.859. The van der Waals surface area contributed by atoms with Gasteiger partial charge in [0.05, 0.1) is 0 Å². The van der Waals surface area contributed by atoms with Crippen LogP contribution >= 0.6 is 0 Å². The third-order valence-corrected chi connectivity index (χ3v) is 3.40. The van der Waals surface area contributed by atoms with Crippen LogP contribution < -0.4 is 5.32 Å². The zero-order valence-electron chi connectivity index (χ0n) is 8.05. The van der Waals surface area contributed by atoms with E-state index >= 15 is 0 Å². The van der Waals surface area contributed by atoms with Crippen LogP contribution in [0, 0.1) is 0 Å². The summed E-state index contributed by atoms with van der Waals surface area (Å²) >= 11 is 0. The van der Waals surface area contributed by atoms with E-state index in [1.807, 2.05) is 0 Å². The molecule has 2 fully saturated rings. The zero-order valence-corrected chi connectivity index (χ0v) is 8.05. The Bertz CT molecular complexity index is 141. The Balaban J connectivity index is 1.92. The van der Waals surface area contributed by atoms with E-state index in [-0.39, 0.29) is 0 Å². The SMILES string of the molecule is CC[C@H]1CCCN1[C@H]1CCNC1. The summed E-state index contributed by atoms with van der Waals surface area (Å²) < 4.78 is 0. The van der Waals surface area contributed by atoms with E-state index in [1.54, 1.807) is 0 Å². The van der Waals surface area contributed by atoms with Gasteiger partial charge in [-0.3, -0.25) is 4.90 Å². The third kappa shape index (κ3) is 1.50. The molecular weight excluding hydrogens is 148 g/mol. The van der Waals surface area contributed by atoms with E-state index < -0.39 is 0 Å². The van der Waals surface area contributed by atoms with Gasteiger partial charge in [0.15, 0.2) is 0 Å². The third-order valence-electron chi connectivity index (χ3n) is 3.40. The molecule has 0 radical (unpaired) electrons. The Morgan fingerprint density at radius 3 is 3.00 bits per heavy atom. The van der Waals surface area contributed by atoms with E-state index in [4.69, 9.17) is 0 Å². The molecule has 2 heterocycles. The van der Waals surface area contributed by atoms with Crippen LogP contribution in [0.15, 0.2) is 0 Å². The molecule has 2 rings (SSSR count). The molecule has 2 heteroatoms. The number of nitrogens with one attached hydrogen (secondary N) is 1. The first kappa shape index (κ1) is 8.52. The second kappa shape index (κ2) is 3.75. The van der Waals surface area contributed by atoms with Gasteiger partial charge < -0.3 is 5.32 Å². The Morgan fingerprint density at radius 2 is 2.33 bits per heavy atom. The minimum atomic E-state index is 0.859. The Hall–Kier alpha value is -0.0800. The molecule has 0 unspecified atom stereocenters. The molecule has 0 aromatic heterocycles. The molecule has 2 nitrogen and oxygen atoms in total. The topological polar surface area (TPSA) is 15.3 Å². The molecule has 0 spiro atoms. The highest BCUT2D eigenvalue weighted by molar-refractivity contribution is 4.88. The molecule has 2 aliphatic heterocycles. The van der Waals surface area contributed by atoms with Crippen molar-refractivity contribution in [3.63, 3.8) is 0 Å². The summed E-state index contributed by atoms with van der Waals surface area (Å²) in [5, 5.41) is 3.45. The lowest BCUT2D eigenvalue weighted by Crippen LogP contribution is -2.39. The van der Waals surface area contributed by atoms with Gasteiger partial charge in [0.2, 0.25) is 0 Å². The van der Waals surface area contributed by atoms with Gasteiger partial charge in [-0.15, -0.1) is 0 Å². The van der Waals surface area contributed by atoms with Crippen LogP contribution in [0.3, 0.4) is 0 Å². The first-order chi connectivity index (χ1) is 5.92. The fraction of sp³-hybridized carbons (Fsp3) is 1.00. The van der Waals surface area contributed by atoms with Crippen molar-refractivity contribution in [2.75, 3.05) is 19.6 Å². The monoisotopic (exact) mass is 168 g/mol. The Morgan fingerprint density at radius 1 is 1.42 bits per heavy atom. The maximum atomic E-state index is 3.45. The van der Waals surface area contributed by atoms with E-state index in [2.05, 4.69) is 17.1 Å². The van der Waals surface area contributed by atoms with Gasteiger partial charge in [-0.05, 0) is 38.8 Å². The van der Waals surface area contributed by atoms with E-state index in [1.165, 1.54) is 45.3 Å². The molecule has 12 heavy (non-hydrogen) atoms. The summed E-state index contributed by atoms with van der Waals surface area (Å²) in [7, 11) is 0. The minimum Gasteiger partial charge on any atom is -0.315 e. The highest BCUT2D eigenvalue weighted by Gasteiger charge is 2.30. The van der Waals surface area contributed by atoms with Crippen LogP contribution in [0.5, 0.6) is 0 Å². The van der Waals surface area contributed by atoms with Gasteiger partial charge in [-0.2, -0.15) is 0 Å². The fourth-order valence-electron chi connectivity index (χ4n) is 2.70. The molecule has 2 aliphatic rings. The quantitative estimate of drug-likeness (QED) is 0.667. The smallest absolute Gasteiger partial charge is 0.0235 e. The van der Waals surface area contributed by atoms with Gasteiger partial charge in [0.25, 0.3) is 0 Å².